The maximum Gasteiger partial charge on any atom is 0.320 e. The Morgan fingerprint density at radius 2 is 1.33 bits per heavy atom. The van der Waals surface area contributed by atoms with Gasteiger partial charge < -0.3 is 23.4 Å². The highest BCUT2D eigenvalue weighted by Gasteiger charge is 2.30. The molecule has 0 amide bonds. The van der Waals surface area contributed by atoms with Gasteiger partial charge in [-0.25, -0.2) is 0 Å². The molecule has 0 bridgehead atoms. The normalized spacial score (nSPS) is 10.2. The van der Waals surface area contributed by atoms with Gasteiger partial charge in [0.05, 0.1) is 37.7 Å². The van der Waals surface area contributed by atoms with Gasteiger partial charge in [-0.3, -0.25) is 19.2 Å². The molecule has 0 spiro atoms. The first kappa shape index (κ1) is 28.0. The molecular weight excluding hydrogens is 456 g/mol. The Morgan fingerprint density at radius 1 is 0.818 bits per heavy atom. The molecule has 0 aliphatic heterocycles. The van der Waals surface area contributed by atoms with Crippen LogP contribution in [0.4, 0.5) is 0 Å². The van der Waals surface area contributed by atoms with Gasteiger partial charge in [0, 0.05) is 5.39 Å². The zero-order valence-corrected chi connectivity index (χ0v) is 19.9. The topological polar surface area (TPSA) is 118 Å². The number of hydrogen-bond acceptors (Lipinski definition) is 9. The molecule has 0 fully saturated rings. The fraction of sp³-hybridized carbons (Fsp3) is 0.478. The summed E-state index contributed by atoms with van der Waals surface area (Å²) >= 11 is 6.05. The van der Waals surface area contributed by atoms with Crippen molar-refractivity contribution in [1.29, 1.82) is 0 Å². The summed E-state index contributed by atoms with van der Waals surface area (Å²) in [5, 5.41) is 1.25. The fourth-order valence-corrected chi connectivity index (χ4v) is 2.98. The first-order chi connectivity index (χ1) is 15.8. The van der Waals surface area contributed by atoms with E-state index in [1.807, 2.05) is 0 Å². The predicted molar refractivity (Wildman–Crippen MR) is 120 cm³/mol. The molecule has 0 aliphatic rings. The molecule has 0 atom stereocenters. The largest absolute Gasteiger partial charge is 0.466 e. The van der Waals surface area contributed by atoms with Crippen molar-refractivity contribution in [3.8, 4) is 0 Å². The third-order valence-corrected chi connectivity index (χ3v) is 4.42. The highest BCUT2D eigenvalue weighted by Crippen LogP contribution is 2.29. The van der Waals surface area contributed by atoms with Crippen LogP contribution in [0.5, 0.6) is 0 Å². The van der Waals surface area contributed by atoms with Crippen molar-refractivity contribution < 1.29 is 42.5 Å². The maximum absolute atomic E-state index is 12.0. The second-order valence-corrected chi connectivity index (χ2v) is 6.82. The lowest BCUT2D eigenvalue weighted by Crippen LogP contribution is -2.30. The van der Waals surface area contributed by atoms with Gasteiger partial charge in [0.2, 0.25) is 0 Å². The minimum absolute atomic E-state index is 0.171. The van der Waals surface area contributed by atoms with Crippen LogP contribution in [0.1, 0.15) is 39.7 Å². The van der Waals surface area contributed by atoms with Crippen molar-refractivity contribution >= 4 is 46.4 Å². The molecule has 1 aromatic heterocycles. The Kier molecular flexibility index (Phi) is 12.6. The monoisotopic (exact) mass is 484 g/mol. The van der Waals surface area contributed by atoms with Gasteiger partial charge in [-0.15, -0.1) is 0 Å². The molecule has 9 nitrogen and oxygen atoms in total. The third-order valence-electron chi connectivity index (χ3n) is 4.12. The van der Waals surface area contributed by atoms with Crippen LogP contribution >= 0.6 is 11.6 Å². The Hall–Kier alpha value is -3.07. The number of esters is 4. The van der Waals surface area contributed by atoms with Crippen LogP contribution in [0.15, 0.2) is 28.9 Å². The van der Waals surface area contributed by atoms with Crippen LogP contribution < -0.4 is 0 Å². The lowest BCUT2D eigenvalue weighted by molar-refractivity contribution is -0.161. The summed E-state index contributed by atoms with van der Waals surface area (Å²) < 4.78 is 24.3. The summed E-state index contributed by atoms with van der Waals surface area (Å²) in [6.45, 7) is 7.74. The molecule has 0 unspecified atom stereocenters. The van der Waals surface area contributed by atoms with Gasteiger partial charge in [0.15, 0.2) is 11.5 Å². The second-order valence-electron chi connectivity index (χ2n) is 6.42. The molecule has 182 valence electrons. The van der Waals surface area contributed by atoms with E-state index >= 15 is 0 Å². The molecule has 0 saturated carbocycles. The quantitative estimate of drug-likeness (QED) is 0.281. The standard InChI is InChI=1S/C16H17ClO5.C7H12O4/c1-3-20-15(18)12(16(19)21-4-2)9-10-5-6-13(17)14-11(10)7-8-22-14;1-3-10-6(8)5-7(9)11-4-2/h5-8,12H,3-4,9H2,1-2H3;3-5H2,1-2H3. The van der Waals surface area contributed by atoms with Gasteiger partial charge >= 0.3 is 23.9 Å². The summed E-state index contributed by atoms with van der Waals surface area (Å²) in [6.07, 6.45) is 1.40. The molecule has 33 heavy (non-hydrogen) atoms. The zero-order valence-electron chi connectivity index (χ0n) is 19.2. The summed E-state index contributed by atoms with van der Waals surface area (Å²) in [5.41, 5.74) is 1.31. The SMILES string of the molecule is CCOC(=O)C(Cc1ccc(Cl)c2occc12)C(=O)OCC.CCOC(=O)CC(=O)OCC. The number of hydrogen-bond donors (Lipinski definition) is 0. The summed E-state index contributed by atoms with van der Waals surface area (Å²) in [6, 6.07) is 5.20. The molecule has 1 aromatic carbocycles. The van der Waals surface area contributed by atoms with E-state index in [2.05, 4.69) is 9.47 Å². The Balaban J connectivity index is 0.000000420. The first-order valence-electron chi connectivity index (χ1n) is 10.6. The number of halogens is 1. The third kappa shape index (κ3) is 9.13. The highest BCUT2D eigenvalue weighted by atomic mass is 35.5. The number of rotatable bonds is 10. The molecule has 2 aromatic rings. The first-order valence-corrected chi connectivity index (χ1v) is 11.0. The van der Waals surface area contributed by atoms with Crippen LogP contribution in [-0.2, 0) is 44.5 Å². The number of carbonyl (C=O) groups is 4. The number of ether oxygens (including phenoxy) is 4. The average molecular weight is 485 g/mol. The average Bonchev–Trinajstić information content (AvgIpc) is 3.25. The lowest BCUT2D eigenvalue weighted by Gasteiger charge is -2.15. The van der Waals surface area contributed by atoms with Gasteiger partial charge in [0.1, 0.15) is 6.42 Å². The summed E-state index contributed by atoms with van der Waals surface area (Å²) in [4.78, 5) is 45.3. The predicted octanol–water partition coefficient (Wildman–Crippen LogP) is 3.87. The minimum Gasteiger partial charge on any atom is -0.466 e. The van der Waals surface area contributed by atoms with Gasteiger partial charge in [-0.2, -0.15) is 0 Å². The zero-order chi connectivity index (χ0) is 24.8. The second kappa shape index (κ2) is 14.9. The Bertz CT molecular complexity index is 901. The van der Waals surface area contributed by atoms with E-state index in [4.69, 9.17) is 25.5 Å². The van der Waals surface area contributed by atoms with Crippen LogP contribution in [0.3, 0.4) is 0 Å². The van der Waals surface area contributed by atoms with E-state index in [0.29, 0.717) is 10.6 Å². The van der Waals surface area contributed by atoms with Crippen LogP contribution in [0.2, 0.25) is 5.02 Å². The van der Waals surface area contributed by atoms with E-state index in [1.165, 1.54) is 6.26 Å². The molecule has 0 aliphatic carbocycles. The van der Waals surface area contributed by atoms with Crippen LogP contribution in [0, 0.1) is 5.92 Å². The van der Waals surface area contributed by atoms with Crippen molar-refractivity contribution in [2.75, 3.05) is 26.4 Å². The van der Waals surface area contributed by atoms with E-state index in [0.717, 1.165) is 10.9 Å². The lowest BCUT2D eigenvalue weighted by atomic mass is 9.97. The Labute approximate surface area is 197 Å². The molecule has 2 rings (SSSR count). The van der Waals surface area contributed by atoms with Crippen LogP contribution in [0.25, 0.3) is 11.0 Å². The highest BCUT2D eigenvalue weighted by molar-refractivity contribution is 6.34. The Morgan fingerprint density at radius 3 is 1.82 bits per heavy atom. The van der Waals surface area contributed by atoms with Crippen LogP contribution in [-0.4, -0.2) is 50.3 Å². The van der Waals surface area contributed by atoms with Gasteiger partial charge in [0.25, 0.3) is 0 Å². The smallest absolute Gasteiger partial charge is 0.320 e. The van der Waals surface area contributed by atoms with Crippen molar-refractivity contribution in [2.45, 2.75) is 40.5 Å². The minimum atomic E-state index is -1.00. The van der Waals surface area contributed by atoms with Gasteiger partial charge in [-0.1, -0.05) is 17.7 Å². The fourth-order valence-electron chi connectivity index (χ4n) is 2.77. The van der Waals surface area contributed by atoms with Crippen molar-refractivity contribution in [2.24, 2.45) is 5.92 Å². The van der Waals surface area contributed by atoms with E-state index in [9.17, 15) is 19.2 Å². The summed E-state index contributed by atoms with van der Waals surface area (Å²) in [5.74, 6) is -3.25. The number of furan rings is 1. The number of benzene rings is 1. The molecule has 1 heterocycles. The van der Waals surface area contributed by atoms with Gasteiger partial charge in [-0.05, 0) is 51.8 Å². The molecule has 10 heteroatoms. The van der Waals surface area contributed by atoms with E-state index in [-0.39, 0.29) is 39.3 Å². The summed E-state index contributed by atoms with van der Waals surface area (Å²) in [7, 11) is 0. The van der Waals surface area contributed by atoms with E-state index < -0.39 is 29.8 Å². The number of fused-ring (bicyclic) bond motifs is 1. The van der Waals surface area contributed by atoms with Crippen molar-refractivity contribution in [3.63, 3.8) is 0 Å². The maximum atomic E-state index is 12.0. The molecular formula is C23H29ClO9. The molecule has 0 radical (unpaired) electrons. The van der Waals surface area contributed by atoms with Crippen molar-refractivity contribution in [3.05, 3.63) is 35.0 Å². The molecule has 0 N–H and O–H groups in total. The number of carbonyl (C=O) groups excluding carboxylic acids is 4. The van der Waals surface area contributed by atoms with Crippen molar-refractivity contribution in [1.82, 2.24) is 0 Å². The van der Waals surface area contributed by atoms with E-state index in [1.54, 1.807) is 45.9 Å². The molecule has 0 saturated heterocycles.